The summed E-state index contributed by atoms with van der Waals surface area (Å²) < 4.78 is 0. The molecule has 3 nitrogen and oxygen atoms in total. The summed E-state index contributed by atoms with van der Waals surface area (Å²) in [5.74, 6) is 0.220. The fourth-order valence-corrected chi connectivity index (χ4v) is 1.04. The van der Waals surface area contributed by atoms with Gasteiger partial charge >= 0.3 is 0 Å². The van der Waals surface area contributed by atoms with Crippen LogP contribution in [0.25, 0.3) is 0 Å². The molecule has 0 aliphatic rings. The van der Waals surface area contributed by atoms with Gasteiger partial charge in [0.1, 0.15) is 5.75 Å². The lowest BCUT2D eigenvalue weighted by molar-refractivity contribution is 0.471. The molecule has 72 valence electrons. The highest BCUT2D eigenvalue weighted by molar-refractivity contribution is 5.17. The summed E-state index contributed by atoms with van der Waals surface area (Å²) in [4.78, 5) is 4.06. The van der Waals surface area contributed by atoms with Crippen molar-refractivity contribution in [1.29, 1.82) is 0 Å². The van der Waals surface area contributed by atoms with Gasteiger partial charge in [0.15, 0.2) is 0 Å². The van der Waals surface area contributed by atoms with Crippen molar-refractivity contribution < 1.29 is 5.11 Å². The fourth-order valence-electron chi connectivity index (χ4n) is 1.04. The van der Waals surface area contributed by atoms with Crippen LogP contribution in [0, 0.1) is 0 Å². The van der Waals surface area contributed by atoms with Gasteiger partial charge in [0.05, 0.1) is 11.9 Å². The maximum atomic E-state index is 8.98. The summed E-state index contributed by atoms with van der Waals surface area (Å²) in [5.41, 5.74) is 0.967. The lowest BCUT2D eigenvalue weighted by Gasteiger charge is -2.02. The number of aromatic hydroxyl groups is 1. The van der Waals surface area contributed by atoms with E-state index in [1.54, 1.807) is 6.07 Å². The van der Waals surface area contributed by atoms with Gasteiger partial charge in [0.25, 0.3) is 0 Å². The van der Waals surface area contributed by atoms with Gasteiger partial charge in [-0.15, -0.1) is 0 Å². The molecule has 0 radical (unpaired) electrons. The molecule has 1 aromatic heterocycles. The summed E-state index contributed by atoms with van der Waals surface area (Å²) in [6, 6.07) is 3.48. The zero-order valence-corrected chi connectivity index (χ0v) is 7.95. The monoisotopic (exact) mass is 180 g/mol. The molecule has 0 atom stereocenters. The molecule has 0 spiro atoms. The molecule has 0 bridgehead atoms. The Labute approximate surface area is 78.8 Å². The van der Waals surface area contributed by atoms with E-state index in [1.165, 1.54) is 19.0 Å². The van der Waals surface area contributed by atoms with E-state index in [-0.39, 0.29) is 5.75 Å². The summed E-state index contributed by atoms with van der Waals surface area (Å²) in [6.45, 7) is 3.97. The minimum Gasteiger partial charge on any atom is -0.506 e. The molecule has 0 saturated heterocycles. The van der Waals surface area contributed by atoms with E-state index in [0.29, 0.717) is 0 Å². The van der Waals surface area contributed by atoms with E-state index in [9.17, 15) is 0 Å². The first kappa shape index (κ1) is 9.99. The second-order valence-corrected chi connectivity index (χ2v) is 3.04. The highest BCUT2D eigenvalue weighted by Crippen LogP contribution is 2.05. The van der Waals surface area contributed by atoms with Crippen molar-refractivity contribution in [2.45, 2.75) is 26.3 Å². The average molecular weight is 180 g/mol. The number of hydrogen-bond acceptors (Lipinski definition) is 3. The van der Waals surface area contributed by atoms with E-state index < -0.39 is 0 Å². The molecule has 13 heavy (non-hydrogen) atoms. The second kappa shape index (κ2) is 5.54. The van der Waals surface area contributed by atoms with Gasteiger partial charge in [-0.05, 0) is 25.1 Å². The maximum Gasteiger partial charge on any atom is 0.133 e. The van der Waals surface area contributed by atoms with Crippen molar-refractivity contribution in [2.24, 2.45) is 0 Å². The van der Waals surface area contributed by atoms with E-state index in [1.807, 2.05) is 6.07 Å². The van der Waals surface area contributed by atoms with Crippen molar-refractivity contribution in [3.05, 3.63) is 24.0 Å². The summed E-state index contributed by atoms with van der Waals surface area (Å²) in [5, 5.41) is 12.3. The van der Waals surface area contributed by atoms with E-state index in [4.69, 9.17) is 5.11 Å². The van der Waals surface area contributed by atoms with E-state index >= 15 is 0 Å². The molecule has 0 amide bonds. The SMILES string of the molecule is CCCCNCc1ccc(O)cn1. The van der Waals surface area contributed by atoms with E-state index in [2.05, 4.69) is 17.2 Å². The molecule has 0 saturated carbocycles. The molecule has 1 aromatic rings. The van der Waals surface area contributed by atoms with Crippen molar-refractivity contribution >= 4 is 0 Å². The van der Waals surface area contributed by atoms with Crippen LogP contribution >= 0.6 is 0 Å². The molecule has 2 N–H and O–H groups in total. The van der Waals surface area contributed by atoms with Crippen LogP contribution in [0.3, 0.4) is 0 Å². The Balaban J connectivity index is 2.25. The number of pyridine rings is 1. The van der Waals surface area contributed by atoms with Crippen LogP contribution < -0.4 is 5.32 Å². The Morgan fingerprint density at radius 1 is 1.46 bits per heavy atom. The summed E-state index contributed by atoms with van der Waals surface area (Å²) in [7, 11) is 0. The standard InChI is InChI=1S/C10H16N2O/c1-2-3-6-11-7-9-4-5-10(13)8-12-9/h4-5,8,11,13H,2-3,6-7H2,1H3. The average Bonchev–Trinajstić information content (AvgIpc) is 2.15. The third-order valence-corrected chi connectivity index (χ3v) is 1.82. The van der Waals surface area contributed by atoms with Gasteiger partial charge < -0.3 is 10.4 Å². The number of unbranched alkanes of at least 4 members (excludes halogenated alkanes) is 1. The van der Waals surface area contributed by atoms with Crippen LogP contribution in [-0.4, -0.2) is 16.6 Å². The molecule has 1 rings (SSSR count). The fraction of sp³-hybridized carbons (Fsp3) is 0.500. The maximum absolute atomic E-state index is 8.98. The van der Waals surface area contributed by atoms with Crippen LogP contribution in [-0.2, 0) is 6.54 Å². The van der Waals surface area contributed by atoms with Crippen molar-refractivity contribution in [1.82, 2.24) is 10.3 Å². The number of nitrogens with zero attached hydrogens (tertiary/aromatic N) is 1. The first-order chi connectivity index (χ1) is 6.33. The number of nitrogens with one attached hydrogen (secondary N) is 1. The van der Waals surface area contributed by atoms with Gasteiger partial charge in [-0.2, -0.15) is 0 Å². The van der Waals surface area contributed by atoms with E-state index in [0.717, 1.165) is 18.8 Å². The Bertz CT molecular complexity index is 233. The third-order valence-electron chi connectivity index (χ3n) is 1.82. The number of rotatable bonds is 5. The Kier molecular flexibility index (Phi) is 4.26. The topological polar surface area (TPSA) is 45.1 Å². The van der Waals surface area contributed by atoms with Crippen LogP contribution in [0.1, 0.15) is 25.5 Å². The van der Waals surface area contributed by atoms with Crippen LogP contribution in [0.4, 0.5) is 0 Å². The molecule has 0 aromatic carbocycles. The lowest BCUT2D eigenvalue weighted by atomic mass is 10.3. The largest absolute Gasteiger partial charge is 0.506 e. The molecule has 0 aliphatic carbocycles. The van der Waals surface area contributed by atoms with Crippen LogP contribution in [0.15, 0.2) is 18.3 Å². The summed E-state index contributed by atoms with van der Waals surface area (Å²) in [6.07, 6.45) is 3.87. The van der Waals surface area contributed by atoms with Crippen LogP contribution in [0.5, 0.6) is 5.75 Å². The van der Waals surface area contributed by atoms with Crippen LogP contribution in [0.2, 0.25) is 0 Å². The zero-order valence-electron chi connectivity index (χ0n) is 7.95. The first-order valence-corrected chi connectivity index (χ1v) is 4.67. The molecular formula is C10H16N2O. The molecule has 1 heterocycles. The van der Waals surface area contributed by atoms with Gasteiger partial charge in [-0.3, -0.25) is 4.98 Å². The highest BCUT2D eigenvalue weighted by atomic mass is 16.3. The second-order valence-electron chi connectivity index (χ2n) is 3.04. The minimum atomic E-state index is 0.220. The Hall–Kier alpha value is -1.09. The third kappa shape index (κ3) is 3.90. The molecule has 0 unspecified atom stereocenters. The molecule has 0 aliphatic heterocycles. The smallest absolute Gasteiger partial charge is 0.133 e. The molecular weight excluding hydrogens is 164 g/mol. The minimum absolute atomic E-state index is 0.220. The first-order valence-electron chi connectivity index (χ1n) is 4.67. The molecule has 0 fully saturated rings. The normalized spacial score (nSPS) is 10.2. The van der Waals surface area contributed by atoms with Gasteiger partial charge in [0, 0.05) is 6.54 Å². The predicted octanol–water partition coefficient (Wildman–Crippen LogP) is 1.68. The quantitative estimate of drug-likeness (QED) is 0.677. The summed E-state index contributed by atoms with van der Waals surface area (Å²) >= 11 is 0. The Morgan fingerprint density at radius 3 is 2.92 bits per heavy atom. The highest BCUT2D eigenvalue weighted by Gasteiger charge is 1.93. The van der Waals surface area contributed by atoms with Crippen molar-refractivity contribution in [2.75, 3.05) is 6.54 Å². The van der Waals surface area contributed by atoms with Gasteiger partial charge in [-0.25, -0.2) is 0 Å². The van der Waals surface area contributed by atoms with Crippen molar-refractivity contribution in [3.63, 3.8) is 0 Å². The lowest BCUT2D eigenvalue weighted by Crippen LogP contribution is -2.15. The van der Waals surface area contributed by atoms with Gasteiger partial charge in [-0.1, -0.05) is 13.3 Å². The predicted molar refractivity (Wildman–Crippen MR) is 52.5 cm³/mol. The number of aromatic nitrogens is 1. The van der Waals surface area contributed by atoms with Crippen molar-refractivity contribution in [3.8, 4) is 5.75 Å². The van der Waals surface area contributed by atoms with Gasteiger partial charge in [0.2, 0.25) is 0 Å². The number of hydrogen-bond donors (Lipinski definition) is 2. The Morgan fingerprint density at radius 2 is 2.31 bits per heavy atom. The zero-order chi connectivity index (χ0) is 9.52. The molecule has 3 heteroatoms.